The third kappa shape index (κ3) is 9.28. The van der Waals surface area contributed by atoms with Crippen LogP contribution < -0.4 is 5.32 Å². The number of carbonyl (C=O) groups excluding carboxylic acids is 1. The molecule has 0 fully saturated rings. The maximum Gasteiger partial charge on any atom is 0.407 e. The average Bonchev–Trinajstić information content (AvgIpc) is 2.06. The average molecular weight is 259 g/mol. The van der Waals surface area contributed by atoms with E-state index in [1.165, 1.54) is 0 Å². The van der Waals surface area contributed by atoms with E-state index in [0.29, 0.717) is 12.5 Å². The van der Waals surface area contributed by atoms with E-state index in [9.17, 15) is 4.79 Å². The zero-order valence-corrected chi connectivity index (χ0v) is 13.1. The summed E-state index contributed by atoms with van der Waals surface area (Å²) in [6.07, 6.45) is -0.390. The van der Waals surface area contributed by atoms with Gasteiger partial charge in [0.05, 0.1) is 18.2 Å². The second-order valence-corrected chi connectivity index (χ2v) is 6.92. The van der Waals surface area contributed by atoms with Crippen LogP contribution in [0.15, 0.2) is 0 Å². The van der Waals surface area contributed by atoms with E-state index >= 15 is 0 Å². The van der Waals surface area contributed by atoms with Gasteiger partial charge < -0.3 is 14.8 Å². The molecule has 0 saturated carbocycles. The molecule has 0 spiro atoms. The van der Waals surface area contributed by atoms with Crippen molar-refractivity contribution in [2.75, 3.05) is 6.61 Å². The van der Waals surface area contributed by atoms with E-state index in [1.54, 1.807) is 0 Å². The van der Waals surface area contributed by atoms with Gasteiger partial charge in [0, 0.05) is 0 Å². The fraction of sp³-hybridized carbons (Fsp3) is 0.929. The second-order valence-electron chi connectivity index (χ2n) is 6.92. The fourth-order valence-corrected chi connectivity index (χ4v) is 1.20. The molecule has 0 aliphatic heterocycles. The molecule has 1 N–H and O–H groups in total. The largest absolute Gasteiger partial charge is 0.444 e. The van der Waals surface area contributed by atoms with Crippen molar-refractivity contribution in [3.05, 3.63) is 0 Å². The maximum atomic E-state index is 11.7. The van der Waals surface area contributed by atoms with Crippen LogP contribution in [0.2, 0.25) is 0 Å². The summed E-state index contributed by atoms with van der Waals surface area (Å²) in [5.74, 6) is 0.292. The molecular weight excluding hydrogens is 230 g/mol. The van der Waals surface area contributed by atoms with E-state index in [2.05, 4.69) is 5.32 Å². The predicted molar refractivity (Wildman–Crippen MR) is 73.7 cm³/mol. The second kappa shape index (κ2) is 6.41. The molecule has 0 rings (SSSR count). The van der Waals surface area contributed by atoms with Crippen LogP contribution in [0.5, 0.6) is 0 Å². The summed E-state index contributed by atoms with van der Waals surface area (Å²) < 4.78 is 11.0. The number of alkyl carbamates (subject to hydrolysis) is 1. The number of hydrogen-bond donors (Lipinski definition) is 1. The van der Waals surface area contributed by atoms with Crippen molar-refractivity contribution in [3.63, 3.8) is 0 Å². The molecule has 0 bridgehead atoms. The summed E-state index contributed by atoms with van der Waals surface area (Å²) in [7, 11) is 0. The monoisotopic (exact) mass is 259 g/mol. The zero-order chi connectivity index (χ0) is 14.6. The zero-order valence-electron chi connectivity index (χ0n) is 13.1. The van der Waals surface area contributed by atoms with Crippen LogP contribution >= 0.6 is 0 Å². The molecule has 108 valence electrons. The van der Waals surface area contributed by atoms with Crippen LogP contribution in [0.3, 0.4) is 0 Å². The molecule has 1 amide bonds. The van der Waals surface area contributed by atoms with Gasteiger partial charge in [-0.3, -0.25) is 0 Å². The van der Waals surface area contributed by atoms with Crippen molar-refractivity contribution in [2.24, 2.45) is 5.92 Å². The Bertz CT molecular complexity index is 261. The first kappa shape index (κ1) is 17.2. The van der Waals surface area contributed by atoms with Gasteiger partial charge in [-0.1, -0.05) is 13.8 Å². The topological polar surface area (TPSA) is 47.6 Å². The van der Waals surface area contributed by atoms with Gasteiger partial charge in [0.25, 0.3) is 0 Å². The SMILES string of the molecule is CC(C)[C@H](COC(C)(C)C)NC(=O)OC(C)(C)C. The third-order valence-electron chi connectivity index (χ3n) is 2.20. The lowest BCUT2D eigenvalue weighted by atomic mass is 10.1. The minimum atomic E-state index is -0.476. The summed E-state index contributed by atoms with van der Waals surface area (Å²) in [5, 5.41) is 2.86. The molecule has 0 unspecified atom stereocenters. The Morgan fingerprint density at radius 3 is 1.89 bits per heavy atom. The molecular formula is C14H29NO3. The van der Waals surface area contributed by atoms with Crippen LogP contribution in [0.1, 0.15) is 55.4 Å². The molecule has 0 heterocycles. The first-order valence-electron chi connectivity index (χ1n) is 6.54. The van der Waals surface area contributed by atoms with Crippen LogP contribution in [-0.4, -0.2) is 29.9 Å². The number of hydrogen-bond acceptors (Lipinski definition) is 3. The van der Waals surface area contributed by atoms with Gasteiger partial charge in [0.15, 0.2) is 0 Å². The highest BCUT2D eigenvalue weighted by Crippen LogP contribution is 2.12. The minimum absolute atomic E-state index is 0.0425. The molecule has 0 aliphatic rings. The Kier molecular flexibility index (Phi) is 6.14. The van der Waals surface area contributed by atoms with Crippen LogP contribution in [0.25, 0.3) is 0 Å². The fourth-order valence-electron chi connectivity index (χ4n) is 1.20. The Morgan fingerprint density at radius 2 is 1.56 bits per heavy atom. The molecule has 0 radical (unpaired) electrons. The lowest BCUT2D eigenvalue weighted by Gasteiger charge is -2.28. The highest BCUT2D eigenvalue weighted by molar-refractivity contribution is 5.68. The molecule has 1 atom stereocenters. The number of ether oxygens (including phenoxy) is 2. The van der Waals surface area contributed by atoms with Gasteiger partial charge in [-0.05, 0) is 47.5 Å². The summed E-state index contributed by atoms with van der Waals surface area (Å²) in [4.78, 5) is 11.7. The first-order valence-corrected chi connectivity index (χ1v) is 6.54. The van der Waals surface area contributed by atoms with Crippen molar-refractivity contribution in [2.45, 2.75) is 72.6 Å². The Morgan fingerprint density at radius 1 is 1.06 bits per heavy atom. The highest BCUT2D eigenvalue weighted by atomic mass is 16.6. The van der Waals surface area contributed by atoms with Crippen molar-refractivity contribution < 1.29 is 14.3 Å². The number of nitrogens with one attached hydrogen (secondary N) is 1. The normalized spacial score (nSPS) is 14.5. The number of amides is 1. The molecule has 4 nitrogen and oxygen atoms in total. The van der Waals surface area contributed by atoms with Gasteiger partial charge in [0.1, 0.15) is 5.60 Å². The third-order valence-corrected chi connectivity index (χ3v) is 2.20. The molecule has 0 aliphatic carbocycles. The Balaban J connectivity index is 4.33. The van der Waals surface area contributed by atoms with E-state index in [-0.39, 0.29) is 11.6 Å². The van der Waals surface area contributed by atoms with E-state index in [1.807, 2.05) is 55.4 Å². The van der Waals surface area contributed by atoms with Gasteiger partial charge in [-0.15, -0.1) is 0 Å². The van der Waals surface area contributed by atoms with Crippen molar-refractivity contribution in [3.8, 4) is 0 Å². The number of rotatable bonds is 4. The summed E-state index contributed by atoms with van der Waals surface area (Å²) >= 11 is 0. The molecule has 0 saturated heterocycles. The quantitative estimate of drug-likeness (QED) is 0.842. The van der Waals surface area contributed by atoms with E-state index in [4.69, 9.17) is 9.47 Å². The standard InChI is InChI=1S/C14H29NO3/c1-10(2)11(9-17-13(3,4)5)15-12(16)18-14(6,7)8/h10-11H,9H2,1-8H3,(H,15,16)/t11-/m0/s1. The predicted octanol–water partition coefficient (Wildman–Crippen LogP) is 3.35. The van der Waals surface area contributed by atoms with Crippen LogP contribution in [0.4, 0.5) is 4.79 Å². The molecule has 18 heavy (non-hydrogen) atoms. The van der Waals surface area contributed by atoms with Crippen molar-refractivity contribution in [1.82, 2.24) is 5.32 Å². The van der Waals surface area contributed by atoms with Gasteiger partial charge in [0.2, 0.25) is 0 Å². The van der Waals surface area contributed by atoms with Gasteiger partial charge >= 0.3 is 6.09 Å². The summed E-state index contributed by atoms with van der Waals surface area (Å²) in [5.41, 5.74) is -0.681. The minimum Gasteiger partial charge on any atom is -0.444 e. The van der Waals surface area contributed by atoms with Crippen molar-refractivity contribution in [1.29, 1.82) is 0 Å². The van der Waals surface area contributed by atoms with Crippen molar-refractivity contribution >= 4 is 6.09 Å². The lowest BCUT2D eigenvalue weighted by molar-refractivity contribution is -0.0228. The smallest absolute Gasteiger partial charge is 0.407 e. The lowest BCUT2D eigenvalue weighted by Crippen LogP contribution is -2.45. The van der Waals surface area contributed by atoms with Gasteiger partial charge in [-0.25, -0.2) is 4.79 Å². The molecule has 0 aromatic heterocycles. The Labute approximate surface area is 111 Å². The first-order chi connectivity index (χ1) is 7.91. The molecule has 0 aromatic rings. The summed E-state index contributed by atoms with van der Waals surface area (Å²) in [6, 6.07) is -0.0425. The maximum absolute atomic E-state index is 11.7. The van der Waals surface area contributed by atoms with E-state index < -0.39 is 11.7 Å². The van der Waals surface area contributed by atoms with Crippen LogP contribution in [0, 0.1) is 5.92 Å². The van der Waals surface area contributed by atoms with Crippen LogP contribution in [-0.2, 0) is 9.47 Å². The Hall–Kier alpha value is -0.770. The highest BCUT2D eigenvalue weighted by Gasteiger charge is 2.23. The number of carbonyl (C=O) groups is 1. The molecule has 4 heteroatoms. The van der Waals surface area contributed by atoms with Gasteiger partial charge in [-0.2, -0.15) is 0 Å². The van der Waals surface area contributed by atoms with E-state index in [0.717, 1.165) is 0 Å². The summed E-state index contributed by atoms with van der Waals surface area (Å²) in [6.45, 7) is 16.1. The molecule has 0 aromatic carbocycles.